The van der Waals surface area contributed by atoms with E-state index in [0.29, 0.717) is 11.8 Å². The first-order chi connectivity index (χ1) is 6.81. The summed E-state index contributed by atoms with van der Waals surface area (Å²) in [5.41, 5.74) is 2.77. The minimum atomic E-state index is 0.606. The maximum atomic E-state index is 5.84. The van der Waals surface area contributed by atoms with Gasteiger partial charge in [0, 0.05) is 23.7 Å². The summed E-state index contributed by atoms with van der Waals surface area (Å²) >= 11 is 5.84. The summed E-state index contributed by atoms with van der Waals surface area (Å²) in [4.78, 5) is 4.48. The van der Waals surface area contributed by atoms with Crippen molar-refractivity contribution in [3.8, 4) is 0 Å². The number of alkyl halides is 1. The normalized spacial score (nSPS) is 22.0. The SMILES string of the molecule is CC(CCl)CC1CCc2cccnc21. The van der Waals surface area contributed by atoms with E-state index in [2.05, 4.69) is 18.0 Å². The minimum absolute atomic E-state index is 0.606. The maximum Gasteiger partial charge on any atom is 0.0466 e. The Morgan fingerprint density at radius 3 is 3.29 bits per heavy atom. The van der Waals surface area contributed by atoms with E-state index >= 15 is 0 Å². The molecule has 1 aliphatic carbocycles. The van der Waals surface area contributed by atoms with Crippen LogP contribution in [-0.4, -0.2) is 10.9 Å². The van der Waals surface area contributed by atoms with Gasteiger partial charge in [-0.2, -0.15) is 0 Å². The number of rotatable bonds is 3. The predicted octanol–water partition coefficient (Wildman–Crippen LogP) is 3.38. The number of hydrogen-bond acceptors (Lipinski definition) is 1. The molecule has 1 aliphatic rings. The molecule has 0 radical (unpaired) electrons. The first kappa shape index (κ1) is 9.97. The van der Waals surface area contributed by atoms with Gasteiger partial charge >= 0.3 is 0 Å². The number of pyridine rings is 1. The van der Waals surface area contributed by atoms with Crippen LogP contribution in [-0.2, 0) is 6.42 Å². The van der Waals surface area contributed by atoms with Crippen LogP contribution in [0.25, 0.3) is 0 Å². The minimum Gasteiger partial charge on any atom is -0.261 e. The van der Waals surface area contributed by atoms with Gasteiger partial charge in [-0.3, -0.25) is 4.98 Å². The summed E-state index contributed by atoms with van der Waals surface area (Å²) in [5.74, 6) is 2.02. The molecule has 2 atom stereocenters. The Labute approximate surface area is 90.5 Å². The fourth-order valence-corrected chi connectivity index (χ4v) is 2.40. The van der Waals surface area contributed by atoms with Crippen molar-refractivity contribution in [2.24, 2.45) is 5.92 Å². The summed E-state index contributed by atoms with van der Waals surface area (Å²) in [6.45, 7) is 2.22. The number of aromatic nitrogens is 1. The molecule has 0 amide bonds. The third kappa shape index (κ3) is 1.93. The van der Waals surface area contributed by atoms with Crippen molar-refractivity contribution in [2.45, 2.75) is 32.1 Å². The molecule has 0 bridgehead atoms. The fourth-order valence-electron chi connectivity index (χ4n) is 2.27. The Balaban J connectivity index is 2.10. The lowest BCUT2D eigenvalue weighted by Crippen LogP contribution is -2.04. The van der Waals surface area contributed by atoms with Crippen molar-refractivity contribution in [2.75, 3.05) is 5.88 Å². The zero-order chi connectivity index (χ0) is 9.97. The van der Waals surface area contributed by atoms with Crippen molar-refractivity contribution in [3.63, 3.8) is 0 Å². The van der Waals surface area contributed by atoms with Crippen molar-refractivity contribution in [1.82, 2.24) is 4.98 Å². The van der Waals surface area contributed by atoms with Crippen molar-refractivity contribution in [1.29, 1.82) is 0 Å². The van der Waals surface area contributed by atoms with Crippen LogP contribution in [0.3, 0.4) is 0 Å². The Hall–Kier alpha value is -0.560. The van der Waals surface area contributed by atoms with E-state index in [1.54, 1.807) is 0 Å². The molecular formula is C12H16ClN. The van der Waals surface area contributed by atoms with Gasteiger partial charge in [0.2, 0.25) is 0 Å². The van der Waals surface area contributed by atoms with Crippen LogP contribution >= 0.6 is 11.6 Å². The molecule has 1 aromatic heterocycles. The van der Waals surface area contributed by atoms with Crippen LogP contribution in [0.4, 0.5) is 0 Å². The molecule has 2 rings (SSSR count). The second-order valence-electron chi connectivity index (χ2n) is 4.28. The van der Waals surface area contributed by atoms with Gasteiger partial charge in [0.15, 0.2) is 0 Å². The van der Waals surface area contributed by atoms with Crippen molar-refractivity contribution >= 4 is 11.6 Å². The smallest absolute Gasteiger partial charge is 0.0466 e. The van der Waals surface area contributed by atoms with Gasteiger partial charge in [-0.25, -0.2) is 0 Å². The van der Waals surface area contributed by atoms with Crippen LogP contribution in [0, 0.1) is 5.92 Å². The van der Waals surface area contributed by atoms with E-state index in [-0.39, 0.29) is 0 Å². The molecule has 0 aliphatic heterocycles. The molecule has 1 heterocycles. The Bertz CT molecular complexity index is 311. The number of aryl methyl sites for hydroxylation is 1. The highest BCUT2D eigenvalue weighted by atomic mass is 35.5. The summed E-state index contributed by atoms with van der Waals surface area (Å²) in [5, 5.41) is 0. The molecule has 1 nitrogen and oxygen atoms in total. The summed E-state index contributed by atoms with van der Waals surface area (Å²) in [6, 6.07) is 4.24. The van der Waals surface area contributed by atoms with Crippen LogP contribution in [0.15, 0.2) is 18.3 Å². The van der Waals surface area contributed by atoms with E-state index in [1.165, 1.54) is 30.5 Å². The van der Waals surface area contributed by atoms with E-state index < -0.39 is 0 Å². The molecule has 0 saturated carbocycles. The molecule has 0 fully saturated rings. The Morgan fingerprint density at radius 1 is 1.64 bits per heavy atom. The number of fused-ring (bicyclic) bond motifs is 1. The summed E-state index contributed by atoms with van der Waals surface area (Å²) in [7, 11) is 0. The van der Waals surface area contributed by atoms with Gasteiger partial charge in [-0.1, -0.05) is 13.0 Å². The maximum absolute atomic E-state index is 5.84. The van der Waals surface area contributed by atoms with Gasteiger partial charge in [0.1, 0.15) is 0 Å². The zero-order valence-electron chi connectivity index (χ0n) is 8.54. The van der Waals surface area contributed by atoms with Crippen molar-refractivity contribution in [3.05, 3.63) is 29.6 Å². The molecule has 2 heteroatoms. The van der Waals surface area contributed by atoms with Gasteiger partial charge in [0.05, 0.1) is 0 Å². The molecule has 2 unspecified atom stereocenters. The fraction of sp³-hybridized carbons (Fsp3) is 0.583. The molecule has 0 spiro atoms. The summed E-state index contributed by atoms with van der Waals surface area (Å²) in [6.07, 6.45) is 5.55. The summed E-state index contributed by atoms with van der Waals surface area (Å²) < 4.78 is 0. The van der Waals surface area contributed by atoms with Gasteiger partial charge in [-0.15, -0.1) is 11.6 Å². The molecular weight excluding hydrogens is 194 g/mol. The number of halogens is 1. The van der Waals surface area contributed by atoms with Crippen LogP contribution < -0.4 is 0 Å². The van der Waals surface area contributed by atoms with E-state index in [9.17, 15) is 0 Å². The standard InChI is InChI=1S/C12H16ClN/c1-9(8-13)7-11-5-4-10-3-2-6-14-12(10)11/h2-3,6,9,11H,4-5,7-8H2,1H3. The van der Waals surface area contributed by atoms with Crippen LogP contribution in [0.5, 0.6) is 0 Å². The lowest BCUT2D eigenvalue weighted by Gasteiger charge is -2.14. The third-order valence-corrected chi connectivity index (χ3v) is 3.55. The monoisotopic (exact) mass is 209 g/mol. The predicted molar refractivity (Wildman–Crippen MR) is 59.8 cm³/mol. The van der Waals surface area contributed by atoms with Crippen molar-refractivity contribution < 1.29 is 0 Å². The molecule has 76 valence electrons. The highest BCUT2D eigenvalue weighted by Gasteiger charge is 2.24. The quantitative estimate of drug-likeness (QED) is 0.696. The average Bonchev–Trinajstić information content (AvgIpc) is 2.62. The number of hydrogen-bond donors (Lipinski definition) is 0. The molecule has 0 aromatic carbocycles. The number of nitrogens with zero attached hydrogens (tertiary/aromatic N) is 1. The highest BCUT2D eigenvalue weighted by molar-refractivity contribution is 6.18. The third-order valence-electron chi connectivity index (χ3n) is 3.03. The average molecular weight is 210 g/mol. The lowest BCUT2D eigenvalue weighted by atomic mass is 9.95. The zero-order valence-corrected chi connectivity index (χ0v) is 9.30. The van der Waals surface area contributed by atoms with Crippen LogP contribution in [0.1, 0.15) is 36.9 Å². The second-order valence-corrected chi connectivity index (χ2v) is 4.59. The molecule has 1 aromatic rings. The molecule has 0 saturated heterocycles. The van der Waals surface area contributed by atoms with Gasteiger partial charge < -0.3 is 0 Å². The highest BCUT2D eigenvalue weighted by Crippen LogP contribution is 2.35. The molecule has 0 N–H and O–H groups in total. The molecule has 14 heavy (non-hydrogen) atoms. The first-order valence-electron chi connectivity index (χ1n) is 5.31. The van der Waals surface area contributed by atoms with Gasteiger partial charge in [0.25, 0.3) is 0 Å². The second kappa shape index (κ2) is 4.31. The Morgan fingerprint density at radius 2 is 2.50 bits per heavy atom. The van der Waals surface area contributed by atoms with Gasteiger partial charge in [-0.05, 0) is 36.8 Å². The van der Waals surface area contributed by atoms with Crippen LogP contribution in [0.2, 0.25) is 0 Å². The van der Waals surface area contributed by atoms with E-state index in [4.69, 9.17) is 11.6 Å². The van der Waals surface area contributed by atoms with E-state index in [0.717, 1.165) is 5.88 Å². The lowest BCUT2D eigenvalue weighted by molar-refractivity contribution is 0.495. The Kier molecular flexibility index (Phi) is 3.07. The van der Waals surface area contributed by atoms with E-state index in [1.807, 2.05) is 12.3 Å². The topological polar surface area (TPSA) is 12.9 Å². The first-order valence-corrected chi connectivity index (χ1v) is 5.84. The largest absolute Gasteiger partial charge is 0.261 e.